The molecule has 0 unspecified atom stereocenters. The van der Waals surface area contributed by atoms with Crippen molar-refractivity contribution in [2.45, 2.75) is 26.8 Å². The van der Waals surface area contributed by atoms with Crippen molar-refractivity contribution < 1.29 is 18.9 Å². The van der Waals surface area contributed by atoms with E-state index in [2.05, 4.69) is 5.32 Å². The number of benzene rings is 3. The molecule has 12 heteroatoms. The van der Waals surface area contributed by atoms with Crippen LogP contribution >= 0.6 is 22.9 Å². The minimum atomic E-state index is -0.772. The van der Waals surface area contributed by atoms with Crippen molar-refractivity contribution in [2.75, 3.05) is 12.4 Å². The number of anilines is 1. The number of non-ortho nitro benzene ring substituents is 1. The van der Waals surface area contributed by atoms with Crippen LogP contribution in [0.2, 0.25) is 5.02 Å². The summed E-state index contributed by atoms with van der Waals surface area (Å²) in [6.45, 7) is 5.66. The Bertz CT molecular complexity index is 2250. The number of rotatable bonds is 7. The highest BCUT2D eigenvalue weighted by molar-refractivity contribution is 7.07. The molecule has 10 nitrogen and oxygen atoms in total. The lowest BCUT2D eigenvalue weighted by atomic mass is 9.95. The van der Waals surface area contributed by atoms with Gasteiger partial charge >= 0.3 is 0 Å². The number of carbonyl (C=O) groups is 1. The number of allylic oxidation sites excluding steroid dienone is 1. The number of nitro benzene ring substituents is 1. The highest BCUT2D eigenvalue weighted by Gasteiger charge is 2.33. The van der Waals surface area contributed by atoms with E-state index in [0.29, 0.717) is 54.7 Å². The van der Waals surface area contributed by atoms with Crippen LogP contribution in [0.4, 0.5) is 11.4 Å². The highest BCUT2D eigenvalue weighted by atomic mass is 35.5. The third kappa shape index (κ3) is 5.78. The topological polar surface area (TPSA) is 129 Å². The Balaban J connectivity index is 1.44. The number of ether oxygens (including phenoxy) is 1. The van der Waals surface area contributed by atoms with Crippen molar-refractivity contribution in [2.24, 2.45) is 4.99 Å². The number of methoxy groups -OCH3 is 1. The monoisotopic (exact) mass is 654 g/mol. The summed E-state index contributed by atoms with van der Waals surface area (Å²) in [5.41, 5.74) is 4.04. The second kappa shape index (κ2) is 12.3. The summed E-state index contributed by atoms with van der Waals surface area (Å²) in [6.07, 6.45) is 1.58. The lowest BCUT2D eigenvalue weighted by molar-refractivity contribution is -0.384. The molecule has 0 spiro atoms. The van der Waals surface area contributed by atoms with Gasteiger partial charge in [0.25, 0.3) is 17.2 Å². The first-order valence-corrected chi connectivity index (χ1v) is 15.3. The van der Waals surface area contributed by atoms with Crippen LogP contribution in [0.25, 0.3) is 17.4 Å². The van der Waals surface area contributed by atoms with Gasteiger partial charge in [0.2, 0.25) is 0 Å². The van der Waals surface area contributed by atoms with Crippen LogP contribution in [0.3, 0.4) is 0 Å². The average molecular weight is 655 g/mol. The number of thiazole rings is 1. The Labute approximate surface area is 271 Å². The van der Waals surface area contributed by atoms with Gasteiger partial charge in [-0.25, -0.2) is 4.99 Å². The lowest BCUT2D eigenvalue weighted by Crippen LogP contribution is -2.40. The minimum Gasteiger partial charge on any atom is -0.497 e. The Morgan fingerprint density at radius 1 is 1.09 bits per heavy atom. The maximum atomic E-state index is 14.1. The fourth-order valence-electron chi connectivity index (χ4n) is 5.38. The van der Waals surface area contributed by atoms with E-state index < -0.39 is 11.0 Å². The molecule has 0 fully saturated rings. The van der Waals surface area contributed by atoms with E-state index in [-0.39, 0.29) is 22.2 Å². The van der Waals surface area contributed by atoms with Crippen molar-refractivity contribution in [1.82, 2.24) is 4.57 Å². The Morgan fingerprint density at radius 2 is 1.85 bits per heavy atom. The molecule has 3 aromatic carbocycles. The third-order valence-electron chi connectivity index (χ3n) is 7.65. The molecule has 0 aliphatic carbocycles. The fraction of sp³-hybridized carbons (Fsp3) is 0.147. The standard InChI is InChI=1S/C34H27ClN4O6S/c1-18-5-13-27(19(2)15-18)37-32(40)30-20(3)36-34-38(31(30)21-6-9-23(44-4)10-7-21)33(41)29(46-34)17-24-11-14-28(45-24)25-16-22(39(42)43)8-12-26(25)35/h5-17,31H,1-4H3,(H,37,40)/b29-17+/t31-/m0/s1. The van der Waals surface area contributed by atoms with E-state index in [4.69, 9.17) is 25.7 Å². The Morgan fingerprint density at radius 3 is 2.54 bits per heavy atom. The predicted molar refractivity (Wildman–Crippen MR) is 177 cm³/mol. The number of carbonyl (C=O) groups excluding carboxylic acids is 1. The van der Waals surface area contributed by atoms with Gasteiger partial charge in [-0.05, 0) is 68.3 Å². The molecule has 0 saturated heterocycles. The zero-order valence-corrected chi connectivity index (χ0v) is 26.7. The maximum Gasteiger partial charge on any atom is 0.271 e. The van der Waals surface area contributed by atoms with Crippen molar-refractivity contribution in [3.8, 4) is 17.1 Å². The van der Waals surface area contributed by atoms with Gasteiger partial charge in [-0.2, -0.15) is 0 Å². The van der Waals surface area contributed by atoms with Crippen LogP contribution in [-0.2, 0) is 4.79 Å². The zero-order valence-electron chi connectivity index (χ0n) is 25.2. The van der Waals surface area contributed by atoms with Crippen molar-refractivity contribution >= 4 is 46.3 Å². The summed E-state index contributed by atoms with van der Waals surface area (Å²) in [6, 6.07) is 19.6. The van der Waals surface area contributed by atoms with Gasteiger partial charge in [-0.15, -0.1) is 0 Å². The number of fused-ring (bicyclic) bond motifs is 1. The number of furan rings is 1. The summed E-state index contributed by atoms with van der Waals surface area (Å²) in [5.74, 6) is 0.917. The molecule has 0 radical (unpaired) electrons. The van der Waals surface area contributed by atoms with Crippen molar-refractivity contribution in [1.29, 1.82) is 0 Å². The molecule has 1 amide bonds. The summed E-state index contributed by atoms with van der Waals surface area (Å²) in [7, 11) is 1.57. The number of amides is 1. The second-order valence-corrected chi connectivity index (χ2v) is 12.2. The fourth-order valence-corrected chi connectivity index (χ4v) is 6.61. The molecule has 1 aliphatic rings. The third-order valence-corrected chi connectivity index (χ3v) is 8.97. The number of hydrogen-bond acceptors (Lipinski definition) is 8. The molecule has 0 bridgehead atoms. The number of aromatic nitrogens is 1. The Hall–Kier alpha value is -5.26. The van der Waals surface area contributed by atoms with Gasteiger partial charge in [-0.3, -0.25) is 24.3 Å². The number of nitrogens with zero attached hydrogens (tertiary/aromatic N) is 3. The number of nitrogens with one attached hydrogen (secondary N) is 1. The van der Waals surface area contributed by atoms with E-state index in [1.54, 1.807) is 44.4 Å². The van der Waals surface area contributed by atoms with Gasteiger partial charge in [0, 0.05) is 29.5 Å². The first-order chi connectivity index (χ1) is 22.0. The molecule has 6 rings (SSSR count). The largest absolute Gasteiger partial charge is 0.497 e. The summed E-state index contributed by atoms with van der Waals surface area (Å²) in [5, 5.41) is 14.6. The number of hydrogen-bond donors (Lipinski definition) is 1. The molecule has 1 N–H and O–H groups in total. The first-order valence-electron chi connectivity index (χ1n) is 14.1. The zero-order chi connectivity index (χ0) is 32.7. The summed E-state index contributed by atoms with van der Waals surface area (Å²) >= 11 is 7.48. The van der Waals surface area contributed by atoms with Crippen LogP contribution in [0.15, 0.2) is 98.3 Å². The number of nitro groups is 1. The summed E-state index contributed by atoms with van der Waals surface area (Å²) in [4.78, 5) is 43.9. The molecule has 5 aromatic rings. The molecule has 1 atom stereocenters. The smallest absolute Gasteiger partial charge is 0.271 e. The van der Waals surface area contributed by atoms with E-state index in [0.717, 1.165) is 11.1 Å². The average Bonchev–Trinajstić information content (AvgIpc) is 3.61. The minimum absolute atomic E-state index is 0.128. The van der Waals surface area contributed by atoms with Gasteiger partial charge in [0.1, 0.15) is 17.3 Å². The SMILES string of the molecule is COc1ccc([C@H]2C(C(=O)Nc3ccc(C)cc3C)=C(C)N=c3s/c(=C/c4ccc(-c5cc([N+](=O)[O-])ccc5Cl)o4)c(=O)n32)cc1. The highest BCUT2D eigenvalue weighted by Crippen LogP contribution is 2.34. The molecular formula is C34H27ClN4O6S. The van der Waals surface area contributed by atoms with E-state index in [9.17, 15) is 19.7 Å². The molecule has 3 heterocycles. The van der Waals surface area contributed by atoms with Crippen molar-refractivity contribution in [3.63, 3.8) is 0 Å². The van der Waals surface area contributed by atoms with Crippen molar-refractivity contribution in [3.05, 3.63) is 141 Å². The number of halogens is 1. The normalized spacial score (nSPS) is 14.5. The first kappa shape index (κ1) is 30.8. The molecule has 1 aliphatic heterocycles. The van der Waals surface area contributed by atoms with Crippen LogP contribution in [0, 0.1) is 24.0 Å². The Kier molecular flexibility index (Phi) is 8.20. The summed E-state index contributed by atoms with van der Waals surface area (Å²) < 4.78 is 13.1. The van der Waals surface area contributed by atoms with Crippen LogP contribution in [-0.4, -0.2) is 22.5 Å². The number of aryl methyl sites for hydroxylation is 2. The van der Waals surface area contributed by atoms with Gasteiger partial charge in [-0.1, -0.05) is 52.8 Å². The molecule has 232 valence electrons. The van der Waals surface area contributed by atoms with E-state index in [1.165, 1.54) is 34.1 Å². The molecule has 2 aromatic heterocycles. The van der Waals surface area contributed by atoms with Gasteiger partial charge in [0.05, 0.1) is 38.9 Å². The molecular weight excluding hydrogens is 628 g/mol. The molecule has 46 heavy (non-hydrogen) atoms. The predicted octanol–water partition coefficient (Wildman–Crippen LogP) is 6.32. The van der Waals surface area contributed by atoms with Crippen LogP contribution in [0.5, 0.6) is 5.75 Å². The van der Waals surface area contributed by atoms with E-state index in [1.807, 2.05) is 44.2 Å². The van der Waals surface area contributed by atoms with Gasteiger partial charge < -0.3 is 14.5 Å². The van der Waals surface area contributed by atoms with Gasteiger partial charge in [0.15, 0.2) is 4.80 Å². The second-order valence-electron chi connectivity index (χ2n) is 10.8. The van der Waals surface area contributed by atoms with Crippen LogP contribution < -0.4 is 24.9 Å². The van der Waals surface area contributed by atoms with Crippen LogP contribution in [0.1, 0.15) is 35.4 Å². The van der Waals surface area contributed by atoms with E-state index >= 15 is 0 Å². The molecule has 0 saturated carbocycles. The maximum absolute atomic E-state index is 14.1. The lowest BCUT2D eigenvalue weighted by Gasteiger charge is -2.25. The quantitative estimate of drug-likeness (QED) is 0.162.